The van der Waals surface area contributed by atoms with Crippen LogP contribution in [0.5, 0.6) is 17.2 Å². The van der Waals surface area contributed by atoms with Crippen LogP contribution in [0.15, 0.2) is 18.2 Å². The first-order chi connectivity index (χ1) is 7.31. The zero-order valence-corrected chi connectivity index (χ0v) is 8.86. The fraction of sp³-hybridized carbons (Fsp3) is 0.455. The predicted octanol–water partition coefficient (Wildman–Crippen LogP) is 1.48. The lowest BCUT2D eigenvalue weighted by Crippen LogP contribution is -2.04. The molecule has 0 aliphatic carbocycles. The van der Waals surface area contributed by atoms with Gasteiger partial charge >= 0.3 is 0 Å². The van der Waals surface area contributed by atoms with E-state index in [1.54, 1.807) is 20.3 Å². The van der Waals surface area contributed by atoms with Crippen LogP contribution in [0.2, 0.25) is 0 Å². The molecule has 0 saturated carbocycles. The molecule has 1 aliphatic rings. The third-order valence-corrected chi connectivity index (χ3v) is 2.16. The Morgan fingerprint density at radius 3 is 2.13 bits per heavy atom. The molecule has 1 unspecified atom stereocenters. The molecule has 15 heavy (non-hydrogen) atoms. The largest absolute Gasteiger partial charge is 0.496 e. The van der Waals surface area contributed by atoms with E-state index in [1.807, 2.05) is 12.1 Å². The SMILES string of the molecule is COc1cc(OC)cc(OCC2CO2)c1. The van der Waals surface area contributed by atoms with Gasteiger partial charge in [-0.05, 0) is 0 Å². The summed E-state index contributed by atoms with van der Waals surface area (Å²) in [5.74, 6) is 2.18. The second-order valence-electron chi connectivity index (χ2n) is 3.31. The second kappa shape index (κ2) is 4.40. The molecular formula is C11H14O4. The molecular weight excluding hydrogens is 196 g/mol. The Labute approximate surface area is 88.7 Å². The lowest BCUT2D eigenvalue weighted by molar-refractivity contribution is 0.260. The average Bonchev–Trinajstić information content (AvgIpc) is 3.09. The highest BCUT2D eigenvalue weighted by Gasteiger charge is 2.23. The highest BCUT2D eigenvalue weighted by atomic mass is 16.6. The zero-order chi connectivity index (χ0) is 10.7. The molecule has 1 aliphatic heterocycles. The summed E-state index contributed by atoms with van der Waals surface area (Å²) in [6, 6.07) is 5.45. The van der Waals surface area contributed by atoms with Crippen LogP contribution in [0.1, 0.15) is 0 Å². The van der Waals surface area contributed by atoms with Crippen molar-refractivity contribution in [1.82, 2.24) is 0 Å². The minimum Gasteiger partial charge on any atom is -0.496 e. The van der Waals surface area contributed by atoms with Gasteiger partial charge in [-0.3, -0.25) is 0 Å². The van der Waals surface area contributed by atoms with Crippen LogP contribution in [0.4, 0.5) is 0 Å². The molecule has 0 amide bonds. The summed E-state index contributed by atoms with van der Waals surface area (Å²) in [6.45, 7) is 1.37. The fourth-order valence-corrected chi connectivity index (χ4v) is 1.22. The maximum atomic E-state index is 5.53. The van der Waals surface area contributed by atoms with Gasteiger partial charge in [-0.2, -0.15) is 0 Å². The zero-order valence-electron chi connectivity index (χ0n) is 8.86. The molecule has 0 bridgehead atoms. The van der Waals surface area contributed by atoms with Crippen LogP contribution in [-0.2, 0) is 4.74 Å². The van der Waals surface area contributed by atoms with Crippen molar-refractivity contribution in [3.05, 3.63) is 18.2 Å². The topological polar surface area (TPSA) is 40.2 Å². The molecule has 4 heteroatoms. The van der Waals surface area contributed by atoms with Gasteiger partial charge in [-0.15, -0.1) is 0 Å². The smallest absolute Gasteiger partial charge is 0.126 e. The number of hydrogen-bond donors (Lipinski definition) is 0. The van der Waals surface area contributed by atoms with E-state index in [-0.39, 0.29) is 6.10 Å². The molecule has 1 atom stereocenters. The van der Waals surface area contributed by atoms with Crippen molar-refractivity contribution in [3.63, 3.8) is 0 Å². The summed E-state index contributed by atoms with van der Waals surface area (Å²) in [5, 5.41) is 0. The van der Waals surface area contributed by atoms with Crippen LogP contribution in [0, 0.1) is 0 Å². The molecule has 1 aromatic rings. The number of epoxide rings is 1. The third kappa shape index (κ3) is 2.76. The van der Waals surface area contributed by atoms with Gasteiger partial charge in [-0.25, -0.2) is 0 Å². The summed E-state index contributed by atoms with van der Waals surface area (Å²) in [6.07, 6.45) is 0.252. The van der Waals surface area contributed by atoms with Crippen LogP contribution in [-0.4, -0.2) is 33.5 Å². The van der Waals surface area contributed by atoms with Crippen molar-refractivity contribution in [2.24, 2.45) is 0 Å². The Bertz CT molecular complexity index is 311. The number of benzene rings is 1. The molecule has 0 N–H and O–H groups in total. The van der Waals surface area contributed by atoms with Crippen LogP contribution in [0.3, 0.4) is 0 Å². The van der Waals surface area contributed by atoms with Gasteiger partial charge in [-0.1, -0.05) is 0 Å². The Hall–Kier alpha value is -1.42. The van der Waals surface area contributed by atoms with E-state index < -0.39 is 0 Å². The first-order valence-corrected chi connectivity index (χ1v) is 4.79. The van der Waals surface area contributed by atoms with Gasteiger partial charge in [0.15, 0.2) is 0 Å². The number of hydrogen-bond acceptors (Lipinski definition) is 4. The van der Waals surface area contributed by atoms with E-state index in [2.05, 4.69) is 0 Å². The standard InChI is InChI=1S/C11H14O4/c1-12-8-3-9(13-2)5-10(4-8)14-6-11-7-15-11/h3-5,11H,6-7H2,1-2H3. The maximum Gasteiger partial charge on any atom is 0.126 e. The molecule has 2 rings (SSSR count). The summed E-state index contributed by atoms with van der Waals surface area (Å²) in [5.41, 5.74) is 0. The molecule has 1 heterocycles. The van der Waals surface area contributed by atoms with E-state index in [0.29, 0.717) is 6.61 Å². The number of methoxy groups -OCH3 is 2. The van der Waals surface area contributed by atoms with Crippen molar-refractivity contribution in [3.8, 4) is 17.2 Å². The minimum absolute atomic E-state index is 0.252. The molecule has 0 aromatic heterocycles. The quantitative estimate of drug-likeness (QED) is 0.690. The number of ether oxygens (including phenoxy) is 4. The van der Waals surface area contributed by atoms with Crippen molar-refractivity contribution in [2.45, 2.75) is 6.10 Å². The molecule has 82 valence electrons. The van der Waals surface area contributed by atoms with Crippen molar-refractivity contribution in [2.75, 3.05) is 27.4 Å². The Morgan fingerprint density at radius 2 is 1.67 bits per heavy atom. The summed E-state index contributed by atoms with van der Waals surface area (Å²) >= 11 is 0. The summed E-state index contributed by atoms with van der Waals surface area (Å²) in [7, 11) is 3.23. The average molecular weight is 210 g/mol. The maximum absolute atomic E-state index is 5.53. The van der Waals surface area contributed by atoms with Crippen molar-refractivity contribution < 1.29 is 18.9 Å². The predicted molar refractivity (Wildman–Crippen MR) is 54.8 cm³/mol. The third-order valence-electron chi connectivity index (χ3n) is 2.16. The van der Waals surface area contributed by atoms with Gasteiger partial charge < -0.3 is 18.9 Å². The van der Waals surface area contributed by atoms with Crippen LogP contribution >= 0.6 is 0 Å². The van der Waals surface area contributed by atoms with Crippen molar-refractivity contribution >= 4 is 0 Å². The normalized spacial score (nSPS) is 18.4. The number of rotatable bonds is 5. The summed E-state index contributed by atoms with van der Waals surface area (Å²) in [4.78, 5) is 0. The lowest BCUT2D eigenvalue weighted by Gasteiger charge is -2.09. The van der Waals surface area contributed by atoms with Gasteiger partial charge in [0, 0.05) is 18.2 Å². The van der Waals surface area contributed by atoms with E-state index in [4.69, 9.17) is 18.9 Å². The molecule has 0 radical (unpaired) electrons. The Morgan fingerprint density at radius 1 is 1.13 bits per heavy atom. The van der Waals surface area contributed by atoms with E-state index >= 15 is 0 Å². The van der Waals surface area contributed by atoms with E-state index in [9.17, 15) is 0 Å². The van der Waals surface area contributed by atoms with Crippen molar-refractivity contribution in [1.29, 1.82) is 0 Å². The van der Waals surface area contributed by atoms with Gasteiger partial charge in [0.1, 0.15) is 30.0 Å². The van der Waals surface area contributed by atoms with Gasteiger partial charge in [0.05, 0.1) is 20.8 Å². The molecule has 1 saturated heterocycles. The molecule has 4 nitrogen and oxygen atoms in total. The van der Waals surface area contributed by atoms with E-state index in [1.165, 1.54) is 0 Å². The first-order valence-electron chi connectivity index (χ1n) is 4.79. The molecule has 1 fully saturated rings. The monoisotopic (exact) mass is 210 g/mol. The van der Waals surface area contributed by atoms with Crippen LogP contribution < -0.4 is 14.2 Å². The fourth-order valence-electron chi connectivity index (χ4n) is 1.22. The van der Waals surface area contributed by atoms with Gasteiger partial charge in [0.25, 0.3) is 0 Å². The summed E-state index contributed by atoms with van der Waals surface area (Å²) < 4.78 is 20.8. The molecule has 1 aromatic carbocycles. The van der Waals surface area contributed by atoms with E-state index in [0.717, 1.165) is 23.9 Å². The lowest BCUT2D eigenvalue weighted by atomic mass is 10.3. The second-order valence-corrected chi connectivity index (χ2v) is 3.31. The molecule has 0 spiro atoms. The minimum atomic E-state index is 0.252. The highest BCUT2D eigenvalue weighted by molar-refractivity contribution is 5.42. The van der Waals surface area contributed by atoms with Gasteiger partial charge in [0.2, 0.25) is 0 Å². The highest BCUT2D eigenvalue weighted by Crippen LogP contribution is 2.27. The van der Waals surface area contributed by atoms with Crippen LogP contribution in [0.25, 0.3) is 0 Å². The Kier molecular flexibility index (Phi) is 2.97. The first kappa shape index (κ1) is 10.1. The Balaban J connectivity index is 2.06.